The van der Waals surface area contributed by atoms with Crippen molar-refractivity contribution in [2.24, 2.45) is 0 Å². The summed E-state index contributed by atoms with van der Waals surface area (Å²) in [6.07, 6.45) is 0. The van der Waals surface area contributed by atoms with Gasteiger partial charge < -0.3 is 18.5 Å². The molecule has 1 saturated heterocycles. The number of hydrogen-bond donors (Lipinski definition) is 0. The third-order valence-electron chi connectivity index (χ3n) is 5.71. The number of benzene rings is 2. The molecule has 2 heterocycles. The summed E-state index contributed by atoms with van der Waals surface area (Å²) in [6, 6.07) is 14.8. The third-order valence-corrected chi connectivity index (χ3v) is 5.71. The van der Waals surface area contributed by atoms with Crippen molar-refractivity contribution in [3.05, 3.63) is 77.0 Å². The van der Waals surface area contributed by atoms with E-state index in [1.807, 2.05) is 64.1 Å². The van der Waals surface area contributed by atoms with Gasteiger partial charge in [-0.1, -0.05) is 24.3 Å². The zero-order valence-electron chi connectivity index (χ0n) is 17.2. The second-order valence-corrected chi connectivity index (χ2v) is 8.37. The Kier molecular flexibility index (Phi) is 4.79. The van der Waals surface area contributed by atoms with E-state index in [2.05, 4.69) is 6.92 Å². The van der Waals surface area contributed by atoms with Crippen molar-refractivity contribution in [3.8, 4) is 5.75 Å². The first kappa shape index (κ1) is 19.7. The molecule has 1 radical (unpaired) electrons. The van der Waals surface area contributed by atoms with Crippen LogP contribution in [-0.2, 0) is 15.9 Å². The molecule has 0 unspecified atom stereocenters. The third kappa shape index (κ3) is 3.82. The Bertz CT molecular complexity index is 1080. The molecule has 1 aliphatic rings. The molecule has 0 bridgehead atoms. The zero-order chi connectivity index (χ0) is 20.8. The van der Waals surface area contributed by atoms with Crippen molar-refractivity contribution in [1.82, 2.24) is 0 Å². The van der Waals surface area contributed by atoms with Crippen LogP contribution in [0.4, 0.5) is 0 Å². The fraction of sp³-hybridized carbons (Fsp3) is 0.304. The normalized spacial score (nSPS) is 17.6. The summed E-state index contributed by atoms with van der Waals surface area (Å²) in [5, 5.41) is 0.795. The van der Waals surface area contributed by atoms with Crippen LogP contribution in [0.3, 0.4) is 0 Å². The SMILES string of the molecule is [CH2]c1cc(=O)oc2cc(OCc3ccc(B4OC(C)(C)C(C)(C)O4)cc3)ccc12. The minimum atomic E-state index is -0.419. The molecule has 5 nitrogen and oxygen atoms in total. The van der Waals surface area contributed by atoms with E-state index < -0.39 is 5.63 Å². The van der Waals surface area contributed by atoms with Gasteiger partial charge in [0.25, 0.3) is 0 Å². The molecule has 0 saturated carbocycles. The second kappa shape index (κ2) is 7.04. The average Bonchev–Trinajstić information content (AvgIpc) is 2.87. The van der Waals surface area contributed by atoms with Gasteiger partial charge in [0, 0.05) is 17.5 Å². The molecule has 29 heavy (non-hydrogen) atoms. The molecule has 3 aromatic rings. The summed E-state index contributed by atoms with van der Waals surface area (Å²) in [7, 11) is -0.379. The number of hydrogen-bond acceptors (Lipinski definition) is 5. The van der Waals surface area contributed by atoms with Crippen LogP contribution < -0.4 is 15.8 Å². The monoisotopic (exact) mass is 391 g/mol. The van der Waals surface area contributed by atoms with E-state index in [4.69, 9.17) is 18.5 Å². The Balaban J connectivity index is 1.45. The van der Waals surface area contributed by atoms with E-state index in [9.17, 15) is 4.79 Å². The van der Waals surface area contributed by atoms with Crippen molar-refractivity contribution >= 4 is 23.6 Å². The van der Waals surface area contributed by atoms with Gasteiger partial charge in [-0.15, -0.1) is 0 Å². The molecule has 0 N–H and O–H groups in total. The van der Waals surface area contributed by atoms with Gasteiger partial charge in [-0.05, 0) is 63.3 Å². The lowest BCUT2D eigenvalue weighted by Crippen LogP contribution is -2.41. The fourth-order valence-electron chi connectivity index (χ4n) is 3.22. The van der Waals surface area contributed by atoms with Crippen LogP contribution in [0.15, 0.2) is 57.7 Å². The molecular weight excluding hydrogens is 367 g/mol. The fourth-order valence-corrected chi connectivity index (χ4v) is 3.22. The first-order valence-corrected chi connectivity index (χ1v) is 9.62. The van der Waals surface area contributed by atoms with Crippen molar-refractivity contribution < 1.29 is 18.5 Å². The standard InChI is InChI=1S/C23H24BO5/c1-15-12-21(25)27-20-13-18(10-11-19(15)20)26-14-16-6-8-17(9-7-16)24-28-22(2,3)23(4,5)29-24/h6-13H,1,14H2,2-5H3. The Morgan fingerprint density at radius 3 is 2.28 bits per heavy atom. The van der Waals surface area contributed by atoms with Crippen molar-refractivity contribution in [2.75, 3.05) is 0 Å². The van der Waals surface area contributed by atoms with Crippen molar-refractivity contribution in [3.63, 3.8) is 0 Å². The van der Waals surface area contributed by atoms with E-state index in [1.54, 1.807) is 6.07 Å². The minimum absolute atomic E-state index is 0.363. The lowest BCUT2D eigenvalue weighted by atomic mass is 9.79. The molecule has 1 aliphatic heterocycles. The first-order valence-electron chi connectivity index (χ1n) is 9.62. The van der Waals surface area contributed by atoms with Crippen molar-refractivity contribution in [2.45, 2.75) is 45.5 Å². The summed E-state index contributed by atoms with van der Waals surface area (Å²) in [4.78, 5) is 11.5. The highest BCUT2D eigenvalue weighted by Crippen LogP contribution is 2.36. The van der Waals surface area contributed by atoms with Crippen LogP contribution in [0.2, 0.25) is 0 Å². The highest BCUT2D eigenvalue weighted by molar-refractivity contribution is 6.62. The van der Waals surface area contributed by atoms with Gasteiger partial charge in [0.2, 0.25) is 0 Å². The Morgan fingerprint density at radius 1 is 0.966 bits per heavy atom. The molecule has 1 aromatic heterocycles. The van der Waals surface area contributed by atoms with E-state index in [-0.39, 0.29) is 18.3 Å². The smallest absolute Gasteiger partial charge is 0.489 e. The van der Waals surface area contributed by atoms with Gasteiger partial charge in [-0.3, -0.25) is 0 Å². The topological polar surface area (TPSA) is 57.9 Å². The lowest BCUT2D eigenvalue weighted by Gasteiger charge is -2.32. The van der Waals surface area contributed by atoms with E-state index in [1.165, 1.54) is 6.07 Å². The molecule has 2 aromatic carbocycles. The quantitative estimate of drug-likeness (QED) is 0.500. The van der Waals surface area contributed by atoms with E-state index in [0.29, 0.717) is 23.5 Å². The van der Waals surface area contributed by atoms with Gasteiger partial charge in [-0.25, -0.2) is 4.79 Å². The van der Waals surface area contributed by atoms with Gasteiger partial charge in [0.1, 0.15) is 17.9 Å². The van der Waals surface area contributed by atoms with Crippen LogP contribution in [0.5, 0.6) is 5.75 Å². The maximum atomic E-state index is 11.5. The number of fused-ring (bicyclic) bond motifs is 1. The zero-order valence-corrected chi connectivity index (χ0v) is 17.2. The molecule has 6 heteroatoms. The maximum absolute atomic E-state index is 11.5. The average molecular weight is 391 g/mol. The van der Waals surface area contributed by atoms with Gasteiger partial charge in [0.15, 0.2) is 0 Å². The summed E-state index contributed by atoms with van der Waals surface area (Å²) < 4.78 is 23.3. The van der Waals surface area contributed by atoms with Crippen LogP contribution in [-0.4, -0.2) is 18.3 Å². The molecule has 0 atom stereocenters. The molecule has 1 fully saturated rings. The van der Waals surface area contributed by atoms with E-state index in [0.717, 1.165) is 16.4 Å². The Morgan fingerprint density at radius 2 is 1.62 bits per heavy atom. The highest BCUT2D eigenvalue weighted by atomic mass is 16.7. The first-order chi connectivity index (χ1) is 13.6. The predicted molar refractivity (Wildman–Crippen MR) is 113 cm³/mol. The minimum Gasteiger partial charge on any atom is -0.489 e. The lowest BCUT2D eigenvalue weighted by molar-refractivity contribution is 0.00578. The summed E-state index contributed by atoms with van der Waals surface area (Å²) in [5.41, 5.74) is 1.95. The second-order valence-electron chi connectivity index (χ2n) is 8.37. The van der Waals surface area contributed by atoms with Gasteiger partial charge >= 0.3 is 12.7 Å². The molecule has 0 amide bonds. The van der Waals surface area contributed by atoms with Gasteiger partial charge in [-0.2, -0.15) is 0 Å². The molecule has 0 aliphatic carbocycles. The summed E-state index contributed by atoms with van der Waals surface area (Å²) in [6.45, 7) is 12.4. The summed E-state index contributed by atoms with van der Waals surface area (Å²) >= 11 is 0. The molecular formula is C23H24BO5. The highest BCUT2D eigenvalue weighted by Gasteiger charge is 2.51. The van der Waals surface area contributed by atoms with Crippen LogP contribution in [0.25, 0.3) is 11.0 Å². The molecule has 0 spiro atoms. The van der Waals surface area contributed by atoms with Crippen LogP contribution in [0, 0.1) is 6.92 Å². The van der Waals surface area contributed by atoms with E-state index >= 15 is 0 Å². The van der Waals surface area contributed by atoms with Crippen LogP contribution >= 0.6 is 0 Å². The summed E-state index contributed by atoms with van der Waals surface area (Å²) in [5.74, 6) is 0.626. The molecule has 4 rings (SSSR count). The maximum Gasteiger partial charge on any atom is 0.494 e. The molecule has 149 valence electrons. The largest absolute Gasteiger partial charge is 0.494 e. The number of ether oxygens (including phenoxy) is 1. The van der Waals surface area contributed by atoms with Crippen molar-refractivity contribution in [1.29, 1.82) is 0 Å². The van der Waals surface area contributed by atoms with Gasteiger partial charge in [0.05, 0.1) is 11.2 Å². The Labute approximate surface area is 170 Å². The Hall–Kier alpha value is -2.57. The predicted octanol–water partition coefficient (Wildman–Crippen LogP) is 3.85. The number of rotatable bonds is 4. The van der Waals surface area contributed by atoms with Crippen LogP contribution in [0.1, 0.15) is 38.8 Å².